The van der Waals surface area contributed by atoms with Gasteiger partial charge < -0.3 is 4.74 Å². The molecule has 1 heterocycles. The fraction of sp³-hybridized carbons (Fsp3) is 0.500. The fourth-order valence-electron chi connectivity index (χ4n) is 2.87. The van der Waals surface area contributed by atoms with Gasteiger partial charge in [0.1, 0.15) is 5.60 Å². The molecule has 1 aromatic carbocycles. The van der Waals surface area contributed by atoms with Crippen molar-refractivity contribution in [1.82, 2.24) is 4.90 Å². The van der Waals surface area contributed by atoms with E-state index in [0.29, 0.717) is 0 Å². The molecule has 3 heteroatoms. The van der Waals surface area contributed by atoms with Gasteiger partial charge in [-0.15, -0.1) is 0 Å². The van der Waals surface area contributed by atoms with Gasteiger partial charge in [-0.1, -0.05) is 42.5 Å². The molecule has 1 fully saturated rings. The molecule has 1 saturated heterocycles. The number of hydrogen-bond acceptors (Lipinski definition) is 2. The fourth-order valence-corrected chi connectivity index (χ4v) is 2.87. The van der Waals surface area contributed by atoms with E-state index in [9.17, 15) is 4.79 Å². The van der Waals surface area contributed by atoms with Gasteiger partial charge in [-0.05, 0) is 46.1 Å². The highest BCUT2D eigenvalue weighted by atomic mass is 16.6. The average molecular weight is 287 g/mol. The summed E-state index contributed by atoms with van der Waals surface area (Å²) < 4.78 is 5.60. The molecule has 0 aromatic heterocycles. The van der Waals surface area contributed by atoms with Crippen LogP contribution in [-0.2, 0) is 4.74 Å². The number of amides is 1. The highest BCUT2D eigenvalue weighted by Gasteiger charge is 2.40. The van der Waals surface area contributed by atoms with E-state index in [-0.39, 0.29) is 18.2 Å². The Balaban J connectivity index is 2.29. The summed E-state index contributed by atoms with van der Waals surface area (Å²) in [6, 6.07) is 10.3. The summed E-state index contributed by atoms with van der Waals surface area (Å²) in [5.74, 6) is 0. The van der Waals surface area contributed by atoms with Crippen molar-refractivity contribution in [1.29, 1.82) is 0 Å². The first kappa shape index (κ1) is 15.6. The highest BCUT2D eigenvalue weighted by molar-refractivity contribution is 5.70. The number of nitrogens with zero attached hydrogens (tertiary/aromatic N) is 1. The van der Waals surface area contributed by atoms with Crippen LogP contribution >= 0.6 is 0 Å². The van der Waals surface area contributed by atoms with E-state index in [2.05, 4.69) is 18.7 Å². The van der Waals surface area contributed by atoms with Gasteiger partial charge in [-0.3, -0.25) is 4.90 Å². The summed E-state index contributed by atoms with van der Waals surface area (Å²) in [7, 11) is 0. The Morgan fingerprint density at radius 1 is 1.24 bits per heavy atom. The van der Waals surface area contributed by atoms with Gasteiger partial charge in [0.15, 0.2) is 0 Å². The van der Waals surface area contributed by atoms with Gasteiger partial charge in [0.2, 0.25) is 0 Å². The number of rotatable bonds is 2. The lowest BCUT2D eigenvalue weighted by Gasteiger charge is -2.33. The van der Waals surface area contributed by atoms with Gasteiger partial charge in [-0.25, -0.2) is 4.79 Å². The van der Waals surface area contributed by atoms with Crippen LogP contribution in [0.3, 0.4) is 0 Å². The summed E-state index contributed by atoms with van der Waals surface area (Å²) in [6.45, 7) is 11.7. The smallest absolute Gasteiger partial charge is 0.411 e. The third-order valence-corrected chi connectivity index (χ3v) is 3.74. The summed E-state index contributed by atoms with van der Waals surface area (Å²) in [6.07, 6.45) is 1.64. The number of ether oxygens (including phenoxy) is 1. The Bertz CT molecular complexity index is 516. The largest absolute Gasteiger partial charge is 0.444 e. The zero-order valence-corrected chi connectivity index (χ0v) is 13.4. The first-order valence-electron chi connectivity index (χ1n) is 7.51. The number of carbonyl (C=O) groups excluding carboxylic acids is 1. The van der Waals surface area contributed by atoms with E-state index < -0.39 is 5.60 Å². The average Bonchev–Trinajstić information content (AvgIpc) is 2.82. The van der Waals surface area contributed by atoms with Crippen molar-refractivity contribution < 1.29 is 9.53 Å². The zero-order valence-electron chi connectivity index (χ0n) is 13.4. The van der Waals surface area contributed by atoms with Crippen molar-refractivity contribution in [3.8, 4) is 0 Å². The monoisotopic (exact) mass is 287 g/mol. The van der Waals surface area contributed by atoms with Crippen molar-refractivity contribution >= 4 is 6.09 Å². The second-order valence-corrected chi connectivity index (χ2v) is 6.75. The number of benzene rings is 1. The zero-order chi connectivity index (χ0) is 15.6. The molecule has 0 radical (unpaired) electrons. The summed E-state index contributed by atoms with van der Waals surface area (Å²) in [5, 5.41) is 0. The van der Waals surface area contributed by atoms with Gasteiger partial charge in [0.05, 0.1) is 12.1 Å². The molecular weight excluding hydrogens is 262 g/mol. The SMILES string of the molecule is C=C(C)[C@H]1CC[C@@H](c2ccccc2)N1C(=O)OC(C)(C)C. The second kappa shape index (κ2) is 5.92. The van der Waals surface area contributed by atoms with Crippen LogP contribution in [0.15, 0.2) is 42.5 Å². The standard InChI is InChI=1S/C18H25NO2/c1-13(2)15-11-12-16(14-9-7-6-8-10-14)19(15)17(20)21-18(3,4)5/h6-10,15-16H,1,11-12H2,2-5H3/t15-,16+/m1/s1. The molecule has 1 aliphatic rings. The van der Waals surface area contributed by atoms with Crippen molar-refractivity contribution in [2.24, 2.45) is 0 Å². The Morgan fingerprint density at radius 2 is 1.86 bits per heavy atom. The Morgan fingerprint density at radius 3 is 2.38 bits per heavy atom. The van der Waals surface area contributed by atoms with Crippen molar-refractivity contribution in [3.05, 3.63) is 48.0 Å². The van der Waals surface area contributed by atoms with E-state index in [4.69, 9.17) is 4.74 Å². The maximum Gasteiger partial charge on any atom is 0.411 e. The predicted octanol–water partition coefficient (Wildman–Crippen LogP) is 4.70. The van der Waals surface area contributed by atoms with E-state index in [1.165, 1.54) is 0 Å². The summed E-state index contributed by atoms with van der Waals surface area (Å²) in [4.78, 5) is 14.5. The lowest BCUT2D eigenvalue weighted by atomic mass is 10.0. The Kier molecular flexibility index (Phi) is 4.40. The maximum atomic E-state index is 12.6. The summed E-state index contributed by atoms with van der Waals surface area (Å²) >= 11 is 0. The molecule has 0 aliphatic carbocycles. The molecule has 0 saturated carbocycles. The minimum Gasteiger partial charge on any atom is -0.444 e. The maximum absolute atomic E-state index is 12.6. The minimum atomic E-state index is -0.486. The molecule has 0 spiro atoms. The molecule has 0 bridgehead atoms. The van der Waals surface area contributed by atoms with E-state index in [1.54, 1.807) is 0 Å². The van der Waals surface area contributed by atoms with Crippen LogP contribution in [0.25, 0.3) is 0 Å². The second-order valence-electron chi connectivity index (χ2n) is 6.75. The predicted molar refractivity (Wildman–Crippen MR) is 85.1 cm³/mol. The van der Waals surface area contributed by atoms with Crippen LogP contribution in [0.1, 0.15) is 52.1 Å². The molecule has 21 heavy (non-hydrogen) atoms. The number of hydrogen-bond donors (Lipinski definition) is 0. The molecule has 2 rings (SSSR count). The Labute approximate surface area is 127 Å². The molecule has 3 nitrogen and oxygen atoms in total. The third kappa shape index (κ3) is 3.66. The molecule has 0 unspecified atom stereocenters. The van der Waals surface area contributed by atoms with Crippen LogP contribution in [0, 0.1) is 0 Å². The van der Waals surface area contributed by atoms with Crippen LogP contribution < -0.4 is 0 Å². The highest BCUT2D eigenvalue weighted by Crippen LogP contribution is 2.39. The van der Waals surface area contributed by atoms with Gasteiger partial charge >= 0.3 is 6.09 Å². The van der Waals surface area contributed by atoms with Crippen LogP contribution in [0.5, 0.6) is 0 Å². The summed E-state index contributed by atoms with van der Waals surface area (Å²) in [5.41, 5.74) is 1.69. The van der Waals surface area contributed by atoms with Crippen LogP contribution in [0.2, 0.25) is 0 Å². The molecular formula is C18H25NO2. The topological polar surface area (TPSA) is 29.5 Å². The third-order valence-electron chi connectivity index (χ3n) is 3.74. The van der Waals surface area contributed by atoms with E-state index in [0.717, 1.165) is 24.0 Å². The van der Waals surface area contributed by atoms with Crippen molar-refractivity contribution in [3.63, 3.8) is 0 Å². The van der Waals surface area contributed by atoms with Gasteiger partial charge in [-0.2, -0.15) is 0 Å². The lowest BCUT2D eigenvalue weighted by Crippen LogP contribution is -2.41. The van der Waals surface area contributed by atoms with Crippen molar-refractivity contribution in [2.45, 2.75) is 58.2 Å². The quantitative estimate of drug-likeness (QED) is 0.738. The molecule has 114 valence electrons. The van der Waals surface area contributed by atoms with Gasteiger partial charge in [0, 0.05) is 0 Å². The van der Waals surface area contributed by atoms with Crippen LogP contribution in [-0.4, -0.2) is 22.6 Å². The van der Waals surface area contributed by atoms with Crippen LogP contribution in [0.4, 0.5) is 4.79 Å². The molecule has 1 amide bonds. The molecule has 0 N–H and O–H groups in total. The minimum absolute atomic E-state index is 0.0602. The normalized spacial score (nSPS) is 22.2. The van der Waals surface area contributed by atoms with Gasteiger partial charge in [0.25, 0.3) is 0 Å². The number of likely N-dealkylation sites (tertiary alicyclic amines) is 1. The first-order chi connectivity index (χ1) is 9.79. The molecule has 1 aliphatic heterocycles. The van der Waals surface area contributed by atoms with Crippen molar-refractivity contribution in [2.75, 3.05) is 0 Å². The van der Waals surface area contributed by atoms with E-state index in [1.807, 2.05) is 50.8 Å². The lowest BCUT2D eigenvalue weighted by molar-refractivity contribution is 0.0170. The molecule has 2 atom stereocenters. The Hall–Kier alpha value is -1.77. The number of carbonyl (C=O) groups is 1. The van der Waals surface area contributed by atoms with E-state index >= 15 is 0 Å². The molecule has 1 aromatic rings. The first-order valence-corrected chi connectivity index (χ1v) is 7.51.